The van der Waals surface area contributed by atoms with Gasteiger partial charge in [0.15, 0.2) is 0 Å². The first-order chi connectivity index (χ1) is 17.7. The summed E-state index contributed by atoms with van der Waals surface area (Å²) in [5.74, 6) is -0.932. The maximum Gasteiger partial charge on any atom is 0.408 e. The SMILES string of the molecule is CC(C)C[C@H](NC(=O)OCc1ccccc1)C(=O)NC(=O)[C@H](CC(C)C)NC(C=O)Cc1ccccc1. The van der Waals surface area contributed by atoms with Gasteiger partial charge in [-0.1, -0.05) is 88.4 Å². The predicted molar refractivity (Wildman–Crippen MR) is 143 cm³/mol. The van der Waals surface area contributed by atoms with Crippen molar-refractivity contribution < 1.29 is 23.9 Å². The first-order valence-corrected chi connectivity index (χ1v) is 12.7. The second-order valence-corrected chi connectivity index (χ2v) is 10.0. The van der Waals surface area contributed by atoms with E-state index >= 15 is 0 Å². The van der Waals surface area contributed by atoms with Crippen molar-refractivity contribution in [3.8, 4) is 0 Å². The van der Waals surface area contributed by atoms with Crippen LogP contribution in [0.3, 0.4) is 0 Å². The van der Waals surface area contributed by atoms with E-state index in [-0.39, 0.29) is 18.4 Å². The standard InChI is InChI=1S/C29H39N3O5/c1-20(2)15-25(30-24(18-33)17-22-11-7-5-8-12-22)27(34)32-28(35)26(16-21(3)4)31-29(36)37-19-23-13-9-6-10-14-23/h5-14,18,20-21,24-26,30H,15-17,19H2,1-4H3,(H,31,36)(H,32,34,35)/t24?,25-,26-/m0/s1. The molecule has 2 aromatic carbocycles. The summed E-state index contributed by atoms with van der Waals surface area (Å²) in [5, 5.41) is 8.13. The topological polar surface area (TPSA) is 114 Å². The predicted octanol–water partition coefficient (Wildman–Crippen LogP) is 3.78. The van der Waals surface area contributed by atoms with Gasteiger partial charge in [-0.15, -0.1) is 0 Å². The molecule has 0 radical (unpaired) electrons. The highest BCUT2D eigenvalue weighted by Crippen LogP contribution is 2.10. The van der Waals surface area contributed by atoms with Crippen LogP contribution in [-0.2, 0) is 32.1 Å². The molecule has 37 heavy (non-hydrogen) atoms. The molecule has 3 N–H and O–H groups in total. The molecule has 1 unspecified atom stereocenters. The molecule has 0 aliphatic rings. The molecule has 0 saturated carbocycles. The van der Waals surface area contributed by atoms with E-state index in [4.69, 9.17) is 4.74 Å². The Hall–Kier alpha value is -3.52. The van der Waals surface area contributed by atoms with E-state index in [1.165, 1.54) is 0 Å². The van der Waals surface area contributed by atoms with E-state index in [0.717, 1.165) is 17.4 Å². The minimum absolute atomic E-state index is 0.0660. The lowest BCUT2D eigenvalue weighted by Crippen LogP contribution is -2.55. The Morgan fingerprint density at radius 2 is 1.30 bits per heavy atom. The van der Waals surface area contributed by atoms with Gasteiger partial charge in [0.05, 0.1) is 12.1 Å². The van der Waals surface area contributed by atoms with Crippen molar-refractivity contribution in [3.05, 3.63) is 71.8 Å². The zero-order valence-corrected chi connectivity index (χ0v) is 22.1. The Morgan fingerprint density at radius 1 is 0.784 bits per heavy atom. The number of benzene rings is 2. The Bertz CT molecular complexity index is 995. The van der Waals surface area contributed by atoms with Crippen LogP contribution in [0.25, 0.3) is 0 Å². The summed E-state index contributed by atoms with van der Waals surface area (Å²) in [6, 6.07) is 16.4. The van der Waals surface area contributed by atoms with Gasteiger partial charge in [0, 0.05) is 0 Å². The van der Waals surface area contributed by atoms with Gasteiger partial charge in [0.25, 0.3) is 0 Å². The van der Waals surface area contributed by atoms with Gasteiger partial charge in [-0.3, -0.25) is 20.2 Å². The van der Waals surface area contributed by atoms with Crippen molar-refractivity contribution >= 4 is 24.2 Å². The molecule has 0 saturated heterocycles. The molecule has 2 rings (SSSR count). The molecule has 0 fully saturated rings. The Morgan fingerprint density at radius 3 is 1.84 bits per heavy atom. The molecule has 200 valence electrons. The Balaban J connectivity index is 2.02. The second-order valence-electron chi connectivity index (χ2n) is 10.0. The summed E-state index contributed by atoms with van der Waals surface area (Å²) < 4.78 is 5.25. The summed E-state index contributed by atoms with van der Waals surface area (Å²) in [6.45, 7) is 7.82. The van der Waals surface area contributed by atoms with Crippen LogP contribution < -0.4 is 16.0 Å². The third kappa shape index (κ3) is 11.4. The molecule has 0 bridgehead atoms. The van der Waals surface area contributed by atoms with Crippen LogP contribution in [0.15, 0.2) is 60.7 Å². The lowest BCUT2D eigenvalue weighted by Gasteiger charge is -2.25. The number of imide groups is 1. The zero-order valence-electron chi connectivity index (χ0n) is 22.1. The molecule has 8 nitrogen and oxygen atoms in total. The Labute approximate surface area is 219 Å². The fourth-order valence-electron chi connectivity index (χ4n) is 3.90. The lowest BCUT2D eigenvalue weighted by molar-refractivity contribution is -0.133. The van der Waals surface area contributed by atoms with Crippen LogP contribution in [0, 0.1) is 11.8 Å². The van der Waals surface area contributed by atoms with Gasteiger partial charge >= 0.3 is 6.09 Å². The van der Waals surface area contributed by atoms with Crippen LogP contribution in [0.1, 0.15) is 51.7 Å². The number of carbonyl (C=O) groups is 4. The Kier molecular flexibility index (Phi) is 12.5. The number of hydrogen-bond donors (Lipinski definition) is 3. The lowest BCUT2D eigenvalue weighted by atomic mass is 9.99. The quantitative estimate of drug-likeness (QED) is 0.334. The summed E-state index contributed by atoms with van der Waals surface area (Å²) >= 11 is 0. The third-order valence-corrected chi connectivity index (χ3v) is 5.68. The number of rotatable bonds is 14. The number of alkyl carbamates (subject to hydrolysis) is 1. The highest BCUT2D eigenvalue weighted by atomic mass is 16.5. The van der Waals surface area contributed by atoms with E-state index in [2.05, 4.69) is 16.0 Å². The van der Waals surface area contributed by atoms with Gasteiger partial charge in [0.2, 0.25) is 11.8 Å². The largest absolute Gasteiger partial charge is 0.445 e. The molecule has 8 heteroatoms. The maximum absolute atomic E-state index is 13.1. The molecule has 3 amide bonds. The molecule has 0 aliphatic heterocycles. The molecule has 0 heterocycles. The molecular weight excluding hydrogens is 470 g/mol. The number of carbonyl (C=O) groups excluding carboxylic acids is 4. The minimum atomic E-state index is -0.946. The summed E-state index contributed by atoms with van der Waals surface area (Å²) in [4.78, 5) is 50.3. The van der Waals surface area contributed by atoms with Crippen LogP contribution in [0.4, 0.5) is 4.79 Å². The van der Waals surface area contributed by atoms with E-state index in [1.807, 2.05) is 88.4 Å². The molecule has 0 aromatic heterocycles. The van der Waals surface area contributed by atoms with Crippen molar-refractivity contribution in [2.24, 2.45) is 11.8 Å². The minimum Gasteiger partial charge on any atom is -0.445 e. The summed E-state index contributed by atoms with van der Waals surface area (Å²) in [7, 11) is 0. The fourth-order valence-corrected chi connectivity index (χ4v) is 3.90. The summed E-state index contributed by atoms with van der Waals surface area (Å²) in [6.07, 6.45) is 1.22. The van der Waals surface area contributed by atoms with Crippen LogP contribution in [-0.4, -0.2) is 42.3 Å². The average Bonchev–Trinajstić information content (AvgIpc) is 2.86. The van der Waals surface area contributed by atoms with E-state index in [9.17, 15) is 19.2 Å². The first-order valence-electron chi connectivity index (χ1n) is 12.7. The third-order valence-electron chi connectivity index (χ3n) is 5.68. The second kappa shape index (κ2) is 15.6. The van der Waals surface area contributed by atoms with Crippen LogP contribution in [0.2, 0.25) is 0 Å². The van der Waals surface area contributed by atoms with Gasteiger partial charge < -0.3 is 14.8 Å². The zero-order chi connectivity index (χ0) is 27.2. The van der Waals surface area contributed by atoms with Gasteiger partial charge in [-0.25, -0.2) is 4.79 Å². The fraction of sp³-hybridized carbons (Fsp3) is 0.448. The average molecular weight is 510 g/mol. The van der Waals surface area contributed by atoms with Crippen LogP contribution >= 0.6 is 0 Å². The number of ether oxygens (including phenoxy) is 1. The van der Waals surface area contributed by atoms with E-state index in [0.29, 0.717) is 19.3 Å². The highest BCUT2D eigenvalue weighted by Gasteiger charge is 2.29. The molecule has 2 aromatic rings. The van der Waals surface area contributed by atoms with Crippen molar-refractivity contribution in [3.63, 3.8) is 0 Å². The monoisotopic (exact) mass is 509 g/mol. The molecular formula is C29H39N3O5. The van der Waals surface area contributed by atoms with Crippen molar-refractivity contribution in [2.75, 3.05) is 0 Å². The van der Waals surface area contributed by atoms with Crippen molar-refractivity contribution in [1.82, 2.24) is 16.0 Å². The van der Waals surface area contributed by atoms with E-state index < -0.39 is 36.0 Å². The van der Waals surface area contributed by atoms with Gasteiger partial charge in [-0.2, -0.15) is 0 Å². The van der Waals surface area contributed by atoms with Crippen LogP contribution in [0.5, 0.6) is 0 Å². The normalized spacial score (nSPS) is 13.5. The van der Waals surface area contributed by atoms with Gasteiger partial charge in [-0.05, 0) is 42.2 Å². The summed E-state index contributed by atoms with van der Waals surface area (Å²) in [5.41, 5.74) is 1.78. The van der Waals surface area contributed by atoms with Crippen molar-refractivity contribution in [1.29, 1.82) is 0 Å². The molecule has 3 atom stereocenters. The number of hydrogen-bond acceptors (Lipinski definition) is 6. The number of nitrogens with one attached hydrogen (secondary N) is 3. The smallest absolute Gasteiger partial charge is 0.408 e. The molecule has 0 spiro atoms. The first kappa shape index (κ1) is 29.7. The van der Waals surface area contributed by atoms with Crippen molar-refractivity contribution in [2.45, 2.75) is 71.7 Å². The van der Waals surface area contributed by atoms with Gasteiger partial charge in [0.1, 0.15) is 18.9 Å². The maximum atomic E-state index is 13.1. The molecule has 0 aliphatic carbocycles. The van der Waals surface area contributed by atoms with E-state index in [1.54, 1.807) is 0 Å². The number of aldehydes is 1. The highest BCUT2D eigenvalue weighted by molar-refractivity contribution is 6.01. The number of amides is 3.